The highest BCUT2D eigenvalue weighted by Gasteiger charge is 2.31. The van der Waals surface area contributed by atoms with Crippen LogP contribution in [0.2, 0.25) is 0 Å². The predicted molar refractivity (Wildman–Crippen MR) is 79.1 cm³/mol. The molecule has 3 nitrogen and oxygen atoms in total. The van der Waals surface area contributed by atoms with Crippen molar-refractivity contribution < 1.29 is 4.74 Å². The van der Waals surface area contributed by atoms with Crippen LogP contribution in [0.3, 0.4) is 0 Å². The van der Waals surface area contributed by atoms with E-state index in [1.807, 2.05) is 0 Å². The van der Waals surface area contributed by atoms with Crippen LogP contribution in [0.5, 0.6) is 5.75 Å². The molecule has 0 radical (unpaired) electrons. The molecule has 104 valence electrons. The summed E-state index contributed by atoms with van der Waals surface area (Å²) in [5.74, 6) is 2.61. The monoisotopic (exact) mass is 260 g/mol. The minimum atomic E-state index is 0.794. The van der Waals surface area contributed by atoms with Gasteiger partial charge in [-0.3, -0.25) is 0 Å². The maximum atomic E-state index is 5.56. The number of nitrogens with zero attached hydrogens (tertiary/aromatic N) is 1. The molecule has 1 aromatic rings. The van der Waals surface area contributed by atoms with Crippen molar-refractivity contribution in [1.82, 2.24) is 5.32 Å². The van der Waals surface area contributed by atoms with Crippen LogP contribution in [-0.4, -0.2) is 33.3 Å². The Bertz CT molecular complexity index is 434. The van der Waals surface area contributed by atoms with Crippen LogP contribution in [-0.2, 0) is 6.42 Å². The van der Waals surface area contributed by atoms with E-state index in [-0.39, 0.29) is 0 Å². The zero-order valence-corrected chi connectivity index (χ0v) is 12.0. The van der Waals surface area contributed by atoms with Gasteiger partial charge in [0.15, 0.2) is 0 Å². The van der Waals surface area contributed by atoms with Crippen LogP contribution in [0.1, 0.15) is 18.9 Å². The molecule has 2 fully saturated rings. The number of benzene rings is 1. The van der Waals surface area contributed by atoms with E-state index >= 15 is 0 Å². The number of hydrogen-bond donors (Lipinski definition) is 1. The molecule has 2 aliphatic rings. The normalized spacial score (nSPS) is 26.3. The van der Waals surface area contributed by atoms with Crippen LogP contribution < -0.4 is 15.0 Å². The second kappa shape index (κ2) is 5.41. The molecule has 1 N–H and O–H groups in total. The van der Waals surface area contributed by atoms with E-state index in [2.05, 4.69) is 35.3 Å². The Morgan fingerprint density at radius 1 is 1.26 bits per heavy atom. The van der Waals surface area contributed by atoms with E-state index in [1.54, 1.807) is 7.11 Å². The third-order valence-electron chi connectivity index (χ3n) is 4.48. The number of methoxy groups -OCH3 is 1. The third kappa shape index (κ3) is 2.57. The summed E-state index contributed by atoms with van der Waals surface area (Å²) in [6.07, 6.45) is 2.47. The number of aryl methyl sites for hydroxylation is 1. The van der Waals surface area contributed by atoms with Gasteiger partial charge in [0.05, 0.1) is 12.8 Å². The van der Waals surface area contributed by atoms with Crippen LogP contribution in [0.15, 0.2) is 18.2 Å². The smallest absolute Gasteiger partial charge is 0.142 e. The van der Waals surface area contributed by atoms with Crippen LogP contribution in [0.4, 0.5) is 5.69 Å². The molecule has 0 saturated carbocycles. The first kappa shape index (κ1) is 12.8. The maximum Gasteiger partial charge on any atom is 0.142 e. The Morgan fingerprint density at radius 2 is 2.00 bits per heavy atom. The van der Waals surface area contributed by atoms with Gasteiger partial charge < -0.3 is 15.0 Å². The Labute approximate surface area is 115 Å². The predicted octanol–water partition coefficient (Wildman–Crippen LogP) is 2.30. The van der Waals surface area contributed by atoms with E-state index < -0.39 is 0 Å². The minimum Gasteiger partial charge on any atom is -0.495 e. The molecule has 0 aliphatic carbocycles. The van der Waals surface area contributed by atoms with Gasteiger partial charge in [0.2, 0.25) is 0 Å². The van der Waals surface area contributed by atoms with E-state index in [9.17, 15) is 0 Å². The van der Waals surface area contributed by atoms with E-state index in [4.69, 9.17) is 4.74 Å². The van der Waals surface area contributed by atoms with Gasteiger partial charge in [0, 0.05) is 13.1 Å². The van der Waals surface area contributed by atoms with Gasteiger partial charge in [-0.15, -0.1) is 0 Å². The molecular formula is C16H24N2O. The summed E-state index contributed by atoms with van der Waals surface area (Å²) in [7, 11) is 1.77. The molecule has 19 heavy (non-hydrogen) atoms. The number of piperidine rings is 2. The van der Waals surface area contributed by atoms with Crippen molar-refractivity contribution in [3.8, 4) is 5.75 Å². The largest absolute Gasteiger partial charge is 0.495 e. The number of nitrogens with one attached hydrogen (secondary N) is 1. The van der Waals surface area contributed by atoms with Crippen LogP contribution in [0, 0.1) is 11.8 Å². The molecule has 2 aliphatic heterocycles. The Kier molecular flexibility index (Phi) is 3.65. The Balaban J connectivity index is 1.88. The number of rotatable bonds is 3. The second-order valence-corrected chi connectivity index (χ2v) is 5.89. The second-order valence-electron chi connectivity index (χ2n) is 5.89. The SMILES string of the molecule is CCc1ccc(OC)c(N2CC3CNCC(C3)C2)c1. The summed E-state index contributed by atoms with van der Waals surface area (Å²) in [6.45, 7) is 6.87. The summed E-state index contributed by atoms with van der Waals surface area (Å²) in [6, 6.07) is 6.61. The van der Waals surface area contributed by atoms with Crippen molar-refractivity contribution >= 4 is 5.69 Å². The fourth-order valence-corrected chi connectivity index (χ4v) is 3.51. The molecular weight excluding hydrogens is 236 g/mol. The summed E-state index contributed by atoms with van der Waals surface area (Å²) in [5.41, 5.74) is 2.68. The number of hydrogen-bond acceptors (Lipinski definition) is 3. The highest BCUT2D eigenvalue weighted by atomic mass is 16.5. The van der Waals surface area contributed by atoms with E-state index in [1.165, 1.54) is 30.8 Å². The van der Waals surface area contributed by atoms with Crippen LogP contribution >= 0.6 is 0 Å². The molecule has 3 heteroatoms. The zero-order valence-electron chi connectivity index (χ0n) is 12.0. The summed E-state index contributed by atoms with van der Waals surface area (Å²) < 4.78 is 5.56. The van der Waals surface area contributed by atoms with Crippen molar-refractivity contribution in [3.05, 3.63) is 23.8 Å². The molecule has 2 unspecified atom stereocenters. The van der Waals surface area contributed by atoms with Gasteiger partial charge in [0.1, 0.15) is 5.75 Å². The number of fused-ring (bicyclic) bond motifs is 2. The van der Waals surface area contributed by atoms with Gasteiger partial charge in [-0.2, -0.15) is 0 Å². The summed E-state index contributed by atoms with van der Waals surface area (Å²) in [5, 5.41) is 3.55. The molecule has 3 rings (SSSR count). The average molecular weight is 260 g/mol. The molecule has 0 aromatic heterocycles. The first-order valence-electron chi connectivity index (χ1n) is 7.42. The lowest BCUT2D eigenvalue weighted by molar-refractivity contribution is 0.248. The fourth-order valence-electron chi connectivity index (χ4n) is 3.51. The summed E-state index contributed by atoms with van der Waals surface area (Å²) in [4.78, 5) is 2.54. The lowest BCUT2D eigenvalue weighted by Gasteiger charge is -2.43. The Morgan fingerprint density at radius 3 is 2.63 bits per heavy atom. The Hall–Kier alpha value is -1.22. The highest BCUT2D eigenvalue weighted by Crippen LogP contribution is 2.35. The highest BCUT2D eigenvalue weighted by molar-refractivity contribution is 5.60. The topological polar surface area (TPSA) is 24.5 Å². The molecule has 0 amide bonds. The van der Waals surface area contributed by atoms with Crippen LogP contribution in [0.25, 0.3) is 0 Å². The standard InChI is InChI=1S/C16H24N2O/c1-3-12-4-5-16(19-2)15(7-12)18-10-13-6-14(11-18)9-17-8-13/h4-5,7,13-14,17H,3,6,8-11H2,1-2H3. The van der Waals surface area contributed by atoms with Gasteiger partial charge in [-0.1, -0.05) is 13.0 Å². The van der Waals surface area contributed by atoms with E-state index in [0.717, 1.165) is 37.1 Å². The molecule has 2 bridgehead atoms. The molecule has 1 aromatic carbocycles. The third-order valence-corrected chi connectivity index (χ3v) is 4.48. The first-order chi connectivity index (χ1) is 9.30. The van der Waals surface area contributed by atoms with Crippen molar-refractivity contribution in [2.75, 3.05) is 38.2 Å². The lowest BCUT2D eigenvalue weighted by atomic mass is 9.85. The van der Waals surface area contributed by atoms with Gasteiger partial charge >= 0.3 is 0 Å². The van der Waals surface area contributed by atoms with Crippen molar-refractivity contribution in [3.63, 3.8) is 0 Å². The quantitative estimate of drug-likeness (QED) is 0.902. The lowest BCUT2D eigenvalue weighted by Crippen LogP contribution is -2.51. The first-order valence-corrected chi connectivity index (χ1v) is 7.42. The molecule has 0 spiro atoms. The van der Waals surface area contributed by atoms with Gasteiger partial charge in [-0.05, 0) is 55.5 Å². The number of ether oxygens (including phenoxy) is 1. The minimum absolute atomic E-state index is 0.794. The number of anilines is 1. The van der Waals surface area contributed by atoms with E-state index in [0.29, 0.717) is 0 Å². The molecule has 2 saturated heterocycles. The van der Waals surface area contributed by atoms with Crippen molar-refractivity contribution in [2.45, 2.75) is 19.8 Å². The maximum absolute atomic E-state index is 5.56. The van der Waals surface area contributed by atoms with Gasteiger partial charge in [0.25, 0.3) is 0 Å². The average Bonchev–Trinajstić information content (AvgIpc) is 2.46. The van der Waals surface area contributed by atoms with Crippen molar-refractivity contribution in [1.29, 1.82) is 0 Å². The molecule has 2 heterocycles. The zero-order chi connectivity index (χ0) is 13.2. The summed E-state index contributed by atoms with van der Waals surface area (Å²) >= 11 is 0. The molecule has 2 atom stereocenters. The fraction of sp³-hybridized carbons (Fsp3) is 0.625. The van der Waals surface area contributed by atoms with Crippen molar-refractivity contribution in [2.24, 2.45) is 11.8 Å². The van der Waals surface area contributed by atoms with Gasteiger partial charge in [-0.25, -0.2) is 0 Å².